The van der Waals surface area contributed by atoms with Crippen LogP contribution in [0, 0.1) is 50.2 Å². The van der Waals surface area contributed by atoms with Crippen LogP contribution in [0.4, 0.5) is 0 Å². The van der Waals surface area contributed by atoms with Crippen LogP contribution in [-0.2, 0) is 14.3 Å². The fourth-order valence-corrected chi connectivity index (χ4v) is 12.2. The molecule has 0 radical (unpaired) electrons. The van der Waals surface area contributed by atoms with Crippen molar-refractivity contribution in [2.24, 2.45) is 50.2 Å². The Labute approximate surface area is 282 Å². The number of allylic oxidation sites excluding steroid dienone is 1. The van der Waals surface area contributed by atoms with Crippen molar-refractivity contribution in [3.05, 3.63) is 11.6 Å². The van der Waals surface area contributed by atoms with Crippen LogP contribution in [-0.4, -0.2) is 121 Å². The van der Waals surface area contributed by atoms with E-state index in [1.807, 2.05) is 13.8 Å². The maximum atomic E-state index is 14.4. The summed E-state index contributed by atoms with van der Waals surface area (Å²) in [5, 5.41) is 96.6. The first-order valence-electron chi connectivity index (χ1n) is 17.8. The number of rotatable bonds is 5. The second-order valence-corrected chi connectivity index (χ2v) is 17.7. The van der Waals surface area contributed by atoms with Crippen molar-refractivity contribution >= 4 is 5.97 Å². The lowest BCUT2D eigenvalue weighted by Crippen LogP contribution is -2.70. The van der Waals surface area contributed by atoms with Crippen molar-refractivity contribution in [1.29, 1.82) is 0 Å². The summed E-state index contributed by atoms with van der Waals surface area (Å²) in [4.78, 5) is 14.4. The Kier molecular flexibility index (Phi) is 9.10. The molecule has 1 saturated heterocycles. The van der Waals surface area contributed by atoms with Gasteiger partial charge in [0.2, 0.25) is 6.29 Å². The highest BCUT2D eigenvalue weighted by atomic mass is 16.7. The molecule has 0 bridgehead atoms. The van der Waals surface area contributed by atoms with Crippen LogP contribution < -0.4 is 0 Å². The quantitative estimate of drug-likeness (QED) is 0.142. The van der Waals surface area contributed by atoms with E-state index in [0.717, 1.165) is 12.0 Å². The zero-order valence-electron chi connectivity index (χ0n) is 29.0. The van der Waals surface area contributed by atoms with Crippen LogP contribution in [0.2, 0.25) is 0 Å². The summed E-state index contributed by atoms with van der Waals surface area (Å²) in [5.41, 5.74) is -3.27. The van der Waals surface area contributed by atoms with Gasteiger partial charge in [-0.25, -0.2) is 0 Å². The van der Waals surface area contributed by atoms with E-state index in [0.29, 0.717) is 44.9 Å². The molecule has 274 valence electrons. The molecule has 1 heterocycles. The van der Waals surface area contributed by atoms with E-state index in [9.17, 15) is 50.8 Å². The molecule has 0 aromatic carbocycles. The average Bonchev–Trinajstić information content (AvgIpc) is 3.04. The van der Waals surface area contributed by atoms with E-state index >= 15 is 0 Å². The van der Waals surface area contributed by atoms with Gasteiger partial charge in [-0.3, -0.25) is 4.79 Å². The highest BCUT2D eigenvalue weighted by Crippen LogP contribution is 2.76. The maximum absolute atomic E-state index is 14.4. The van der Waals surface area contributed by atoms with Crippen molar-refractivity contribution in [2.45, 2.75) is 135 Å². The van der Waals surface area contributed by atoms with Crippen LogP contribution in [0.25, 0.3) is 0 Å². The molecule has 15 atom stereocenters. The minimum Gasteiger partial charge on any atom is -0.432 e. The minimum absolute atomic E-state index is 0.0134. The summed E-state index contributed by atoms with van der Waals surface area (Å²) in [6.45, 7) is 9.07. The van der Waals surface area contributed by atoms with E-state index in [1.165, 1.54) is 0 Å². The second-order valence-electron chi connectivity index (χ2n) is 17.7. The standard InChI is InChI=1S/C36H58O12/c1-31(2)10-12-35(30(46)48-29-26(43)25(42)24(41)20(15-37)47-29)13-11-33(4)18(23(35)28(31)45)6-7-21-32(3)14-19(40)27(44)36(16-38,17-39)22(32)8-9-34(21,33)5/h6,19-29,37-45H,7-17H2,1-5H3/t19-,20-,21-,22-,23-,24-,25+,26-,27+,28+,29+,32-,33-,34-,35+/m1/s1. The van der Waals surface area contributed by atoms with Crippen molar-refractivity contribution in [1.82, 2.24) is 0 Å². The van der Waals surface area contributed by atoms with Crippen LogP contribution in [0.5, 0.6) is 0 Å². The van der Waals surface area contributed by atoms with Crippen molar-refractivity contribution in [3.63, 3.8) is 0 Å². The number of aliphatic hydroxyl groups excluding tert-OH is 9. The van der Waals surface area contributed by atoms with Crippen LogP contribution in [0.1, 0.15) is 86.0 Å². The summed E-state index contributed by atoms with van der Waals surface area (Å²) < 4.78 is 11.4. The minimum atomic E-state index is -1.74. The van der Waals surface area contributed by atoms with E-state index in [1.54, 1.807) is 0 Å². The third kappa shape index (κ3) is 4.66. The normalized spacial score (nSPS) is 52.5. The van der Waals surface area contributed by atoms with E-state index in [-0.39, 0.29) is 17.3 Å². The Morgan fingerprint density at radius 1 is 0.833 bits per heavy atom. The molecular weight excluding hydrogens is 624 g/mol. The summed E-state index contributed by atoms with van der Waals surface area (Å²) in [6.07, 6.45) is -4.76. The Hall–Kier alpha value is -1.19. The molecule has 0 spiro atoms. The smallest absolute Gasteiger partial charge is 0.315 e. The van der Waals surface area contributed by atoms with Crippen LogP contribution >= 0.6 is 0 Å². The molecule has 6 aliphatic rings. The lowest BCUT2D eigenvalue weighted by Gasteiger charge is -2.72. The number of carbonyl (C=O) groups excluding carboxylic acids is 1. The molecule has 0 aromatic rings. The summed E-state index contributed by atoms with van der Waals surface area (Å²) in [6, 6.07) is 0. The molecule has 1 aliphatic heterocycles. The summed E-state index contributed by atoms with van der Waals surface area (Å²) in [5.74, 6) is -1.49. The number of aliphatic hydroxyl groups is 9. The lowest BCUT2D eigenvalue weighted by molar-refractivity contribution is -0.298. The highest BCUT2D eigenvalue weighted by Gasteiger charge is 2.72. The Bertz CT molecular complexity index is 1280. The maximum Gasteiger partial charge on any atom is 0.315 e. The van der Waals surface area contributed by atoms with Crippen molar-refractivity contribution < 1.29 is 60.2 Å². The SMILES string of the molecule is CC1(C)CC[C@]2(C(=O)O[C@@H]3O[C@H](CO)[C@@H](O)[C@H](O)[C@H]3O)CC[C@]3(C)C(=CC[C@@H]4[C@@]5(C)C[C@@H](O)[C@H](O)C(CO)(CO)[C@@H]5CC[C@]43C)[C@@H]2[C@@H]1O. The number of hydrogen-bond donors (Lipinski definition) is 9. The van der Waals surface area contributed by atoms with Crippen molar-refractivity contribution in [2.75, 3.05) is 19.8 Å². The Morgan fingerprint density at radius 2 is 1.48 bits per heavy atom. The topological polar surface area (TPSA) is 218 Å². The van der Waals surface area contributed by atoms with Gasteiger partial charge in [0, 0.05) is 11.3 Å². The first kappa shape index (κ1) is 36.6. The molecule has 12 nitrogen and oxygen atoms in total. The Morgan fingerprint density at radius 3 is 2.10 bits per heavy atom. The number of hydrogen-bond acceptors (Lipinski definition) is 12. The molecule has 0 amide bonds. The average molecular weight is 683 g/mol. The van der Waals surface area contributed by atoms with E-state index in [4.69, 9.17) is 9.47 Å². The highest BCUT2D eigenvalue weighted by molar-refractivity contribution is 5.79. The van der Waals surface area contributed by atoms with Gasteiger partial charge in [-0.15, -0.1) is 0 Å². The van der Waals surface area contributed by atoms with Gasteiger partial charge in [-0.1, -0.05) is 46.3 Å². The largest absolute Gasteiger partial charge is 0.432 e. The lowest BCUT2D eigenvalue weighted by atomic mass is 9.33. The fourth-order valence-electron chi connectivity index (χ4n) is 12.2. The predicted octanol–water partition coefficient (Wildman–Crippen LogP) is 0.379. The van der Waals surface area contributed by atoms with Gasteiger partial charge >= 0.3 is 5.97 Å². The molecule has 12 heteroatoms. The van der Waals surface area contributed by atoms with Crippen LogP contribution in [0.15, 0.2) is 11.6 Å². The van der Waals surface area contributed by atoms with Gasteiger partial charge < -0.3 is 55.4 Å². The first-order chi connectivity index (χ1) is 22.3. The molecule has 6 rings (SSSR count). The molecular formula is C36H58O12. The number of ether oxygens (including phenoxy) is 2. The molecule has 0 unspecified atom stereocenters. The van der Waals surface area contributed by atoms with Crippen molar-refractivity contribution in [3.8, 4) is 0 Å². The predicted molar refractivity (Wildman–Crippen MR) is 171 cm³/mol. The van der Waals surface area contributed by atoms with Gasteiger partial charge in [-0.05, 0) is 84.9 Å². The molecule has 5 aliphatic carbocycles. The molecule has 5 fully saturated rings. The van der Waals surface area contributed by atoms with E-state index in [2.05, 4.69) is 26.8 Å². The molecule has 48 heavy (non-hydrogen) atoms. The van der Waals surface area contributed by atoms with Crippen LogP contribution in [0.3, 0.4) is 0 Å². The number of carbonyl (C=O) groups is 1. The zero-order valence-corrected chi connectivity index (χ0v) is 29.0. The monoisotopic (exact) mass is 682 g/mol. The van der Waals surface area contributed by atoms with Gasteiger partial charge in [-0.2, -0.15) is 0 Å². The van der Waals surface area contributed by atoms with Gasteiger partial charge in [0.05, 0.1) is 43.5 Å². The Balaban J connectivity index is 1.39. The summed E-state index contributed by atoms with van der Waals surface area (Å²) in [7, 11) is 0. The molecule has 4 saturated carbocycles. The summed E-state index contributed by atoms with van der Waals surface area (Å²) >= 11 is 0. The van der Waals surface area contributed by atoms with Gasteiger partial charge in [0.25, 0.3) is 0 Å². The molecule has 9 N–H and O–H groups in total. The van der Waals surface area contributed by atoms with Gasteiger partial charge in [0.1, 0.15) is 24.4 Å². The zero-order chi connectivity index (χ0) is 35.4. The second kappa shape index (κ2) is 11.9. The third-order valence-electron chi connectivity index (χ3n) is 15.5. The first-order valence-corrected chi connectivity index (χ1v) is 17.8. The molecule has 0 aromatic heterocycles. The fraction of sp³-hybridized carbons (Fsp3) is 0.917. The number of fused-ring (bicyclic) bond motifs is 7. The third-order valence-corrected chi connectivity index (χ3v) is 15.5. The van der Waals surface area contributed by atoms with Gasteiger partial charge in [0.15, 0.2) is 0 Å². The van der Waals surface area contributed by atoms with E-state index < -0.39 is 108 Å². The number of esters is 1.